The fourth-order valence-corrected chi connectivity index (χ4v) is 3.97. The van der Waals surface area contributed by atoms with Crippen molar-refractivity contribution in [3.05, 3.63) is 59.2 Å². The summed E-state index contributed by atoms with van der Waals surface area (Å²) in [5.41, 5.74) is 3.75. The minimum atomic E-state index is -1.22. The number of rotatable bonds is 4. The van der Waals surface area contributed by atoms with Gasteiger partial charge in [0, 0.05) is 6.04 Å². The van der Waals surface area contributed by atoms with Crippen molar-refractivity contribution >= 4 is 17.8 Å². The van der Waals surface area contributed by atoms with Gasteiger partial charge in [-0.15, -0.1) is 0 Å². The molecule has 1 fully saturated rings. The van der Waals surface area contributed by atoms with Crippen LogP contribution in [0.15, 0.2) is 42.5 Å². The first-order valence-electron chi connectivity index (χ1n) is 9.41. The molecule has 7 nitrogen and oxygen atoms in total. The Hall–Kier alpha value is -3.66. The van der Waals surface area contributed by atoms with Crippen LogP contribution >= 0.6 is 0 Å². The molecule has 4 amide bonds. The maximum absolute atomic E-state index is 12.4. The molecule has 1 aliphatic carbocycles. The average molecular weight is 388 g/mol. The highest BCUT2D eigenvalue weighted by Gasteiger charge is 2.43. The van der Waals surface area contributed by atoms with Gasteiger partial charge in [0.1, 0.15) is 5.54 Å². The lowest BCUT2D eigenvalue weighted by atomic mass is 9.97. The minimum Gasteiger partial charge on any atom is -0.353 e. The quantitative estimate of drug-likeness (QED) is 0.694. The normalized spacial score (nSPS) is 22.4. The number of carbonyl (C=O) groups is 3. The Kier molecular flexibility index (Phi) is 4.55. The molecule has 4 rings (SSSR count). The van der Waals surface area contributed by atoms with Gasteiger partial charge in [-0.3, -0.25) is 14.9 Å². The summed E-state index contributed by atoms with van der Waals surface area (Å²) < 4.78 is 0. The van der Waals surface area contributed by atoms with Crippen LogP contribution in [0.4, 0.5) is 4.79 Å². The molecular formula is C22H20N4O3. The first-order valence-corrected chi connectivity index (χ1v) is 9.41. The Morgan fingerprint density at radius 1 is 1.17 bits per heavy atom. The van der Waals surface area contributed by atoms with Crippen molar-refractivity contribution in [1.82, 2.24) is 16.0 Å². The Morgan fingerprint density at radius 2 is 1.93 bits per heavy atom. The molecule has 1 heterocycles. The van der Waals surface area contributed by atoms with E-state index in [2.05, 4.69) is 34.2 Å². The highest BCUT2D eigenvalue weighted by molar-refractivity contribution is 6.08. The lowest BCUT2D eigenvalue weighted by Crippen LogP contribution is -2.49. The van der Waals surface area contributed by atoms with Crippen molar-refractivity contribution < 1.29 is 14.4 Å². The number of hydrogen-bond donors (Lipinski definition) is 3. The molecule has 0 radical (unpaired) electrons. The number of benzene rings is 2. The standard InChI is InChI=1S/C22H20N4O3/c1-22(20(28)25-21(29)26-22)11-19(27)24-18-9-16-6-5-15(8-17(16)10-18)14-4-2-3-13(7-14)12-23/h2-8,18H,9-11H2,1H3,(H,24,27)(H2,25,26,28,29). The molecule has 2 aromatic carbocycles. The molecule has 1 saturated heterocycles. The molecular weight excluding hydrogens is 368 g/mol. The Bertz CT molecular complexity index is 1070. The van der Waals surface area contributed by atoms with E-state index in [0.29, 0.717) is 12.0 Å². The summed E-state index contributed by atoms with van der Waals surface area (Å²) in [5.74, 6) is -0.763. The number of carbonyl (C=O) groups excluding carboxylic acids is 3. The third-order valence-electron chi connectivity index (χ3n) is 5.46. The van der Waals surface area contributed by atoms with Crippen LogP contribution < -0.4 is 16.0 Å². The van der Waals surface area contributed by atoms with Crippen LogP contribution in [0.5, 0.6) is 0 Å². The lowest BCUT2D eigenvalue weighted by molar-refractivity contribution is -0.129. The van der Waals surface area contributed by atoms with Gasteiger partial charge in [-0.25, -0.2) is 4.79 Å². The van der Waals surface area contributed by atoms with Crippen LogP contribution in [0.2, 0.25) is 0 Å². The number of nitrogens with zero attached hydrogens (tertiary/aromatic N) is 1. The SMILES string of the molecule is CC1(CC(=O)NC2Cc3ccc(-c4cccc(C#N)c4)cc3C2)NC(=O)NC1=O. The van der Waals surface area contributed by atoms with E-state index >= 15 is 0 Å². The zero-order valence-corrected chi connectivity index (χ0v) is 15.9. The van der Waals surface area contributed by atoms with E-state index in [9.17, 15) is 14.4 Å². The molecule has 2 aromatic rings. The highest BCUT2D eigenvalue weighted by atomic mass is 16.2. The number of nitriles is 1. The lowest BCUT2D eigenvalue weighted by Gasteiger charge is -2.21. The van der Waals surface area contributed by atoms with E-state index in [1.807, 2.05) is 24.3 Å². The number of urea groups is 1. The third-order valence-corrected chi connectivity index (χ3v) is 5.46. The van der Waals surface area contributed by atoms with Crippen LogP contribution in [-0.4, -0.2) is 29.4 Å². The summed E-state index contributed by atoms with van der Waals surface area (Å²) in [4.78, 5) is 35.7. The third kappa shape index (κ3) is 3.69. The molecule has 2 atom stereocenters. The van der Waals surface area contributed by atoms with E-state index in [4.69, 9.17) is 5.26 Å². The van der Waals surface area contributed by atoms with Crippen molar-refractivity contribution in [2.75, 3.05) is 0 Å². The predicted molar refractivity (Wildman–Crippen MR) is 106 cm³/mol. The van der Waals surface area contributed by atoms with Gasteiger partial charge in [-0.1, -0.05) is 30.3 Å². The maximum atomic E-state index is 12.4. The molecule has 7 heteroatoms. The van der Waals surface area contributed by atoms with Gasteiger partial charge in [0.2, 0.25) is 5.91 Å². The Morgan fingerprint density at radius 3 is 2.66 bits per heavy atom. The smallest absolute Gasteiger partial charge is 0.322 e. The number of hydrogen-bond acceptors (Lipinski definition) is 4. The molecule has 146 valence electrons. The highest BCUT2D eigenvalue weighted by Crippen LogP contribution is 2.29. The zero-order valence-electron chi connectivity index (χ0n) is 15.9. The van der Waals surface area contributed by atoms with E-state index in [-0.39, 0.29) is 18.4 Å². The average Bonchev–Trinajstić information content (AvgIpc) is 3.19. The van der Waals surface area contributed by atoms with Crippen molar-refractivity contribution in [3.63, 3.8) is 0 Å². The van der Waals surface area contributed by atoms with Crippen molar-refractivity contribution in [1.29, 1.82) is 5.26 Å². The summed E-state index contributed by atoms with van der Waals surface area (Å²) >= 11 is 0. The van der Waals surface area contributed by atoms with Crippen LogP contribution in [0.3, 0.4) is 0 Å². The topological polar surface area (TPSA) is 111 Å². The molecule has 2 unspecified atom stereocenters. The van der Waals surface area contributed by atoms with Gasteiger partial charge >= 0.3 is 6.03 Å². The van der Waals surface area contributed by atoms with Crippen LogP contribution in [-0.2, 0) is 22.4 Å². The number of fused-ring (bicyclic) bond motifs is 1. The van der Waals surface area contributed by atoms with Gasteiger partial charge in [0.05, 0.1) is 18.1 Å². The molecule has 0 bridgehead atoms. The van der Waals surface area contributed by atoms with E-state index in [1.54, 1.807) is 6.07 Å². The Balaban J connectivity index is 1.43. The van der Waals surface area contributed by atoms with Gasteiger partial charge in [0.25, 0.3) is 5.91 Å². The molecule has 0 aromatic heterocycles. The molecule has 2 aliphatic rings. The molecule has 1 aliphatic heterocycles. The van der Waals surface area contributed by atoms with Crippen molar-refractivity contribution in [3.8, 4) is 17.2 Å². The van der Waals surface area contributed by atoms with Gasteiger partial charge in [-0.05, 0) is 54.2 Å². The fraction of sp³-hybridized carbons (Fsp3) is 0.273. The van der Waals surface area contributed by atoms with Gasteiger partial charge in [-0.2, -0.15) is 5.26 Å². The van der Waals surface area contributed by atoms with E-state index < -0.39 is 17.5 Å². The van der Waals surface area contributed by atoms with Crippen LogP contribution in [0.25, 0.3) is 11.1 Å². The molecule has 29 heavy (non-hydrogen) atoms. The zero-order chi connectivity index (χ0) is 20.6. The second kappa shape index (κ2) is 7.06. The first-order chi connectivity index (χ1) is 13.9. The summed E-state index contributed by atoms with van der Waals surface area (Å²) in [6.07, 6.45) is 1.31. The second-order valence-electron chi connectivity index (χ2n) is 7.77. The van der Waals surface area contributed by atoms with Crippen LogP contribution in [0, 0.1) is 11.3 Å². The summed E-state index contributed by atoms with van der Waals surface area (Å²) in [6.45, 7) is 1.54. The predicted octanol–water partition coefficient (Wildman–Crippen LogP) is 1.80. The van der Waals surface area contributed by atoms with Crippen molar-refractivity contribution in [2.45, 2.75) is 37.8 Å². The van der Waals surface area contributed by atoms with Crippen molar-refractivity contribution in [2.24, 2.45) is 0 Å². The Labute approximate surface area is 168 Å². The van der Waals surface area contributed by atoms with Gasteiger partial charge in [0.15, 0.2) is 0 Å². The molecule has 0 spiro atoms. The molecule has 3 N–H and O–H groups in total. The van der Waals surface area contributed by atoms with Crippen LogP contribution in [0.1, 0.15) is 30.0 Å². The second-order valence-corrected chi connectivity index (χ2v) is 7.77. The fourth-order valence-electron chi connectivity index (χ4n) is 3.97. The maximum Gasteiger partial charge on any atom is 0.322 e. The van der Waals surface area contributed by atoms with E-state index in [0.717, 1.165) is 23.1 Å². The summed E-state index contributed by atoms with van der Waals surface area (Å²) in [7, 11) is 0. The molecule has 0 saturated carbocycles. The largest absolute Gasteiger partial charge is 0.353 e. The first kappa shape index (κ1) is 18.7. The monoisotopic (exact) mass is 388 g/mol. The number of nitrogens with one attached hydrogen (secondary N) is 3. The number of imide groups is 1. The minimum absolute atomic E-state index is 0.0537. The number of amides is 4. The van der Waals surface area contributed by atoms with E-state index in [1.165, 1.54) is 12.5 Å². The summed E-state index contributed by atoms with van der Waals surface area (Å²) in [5, 5.41) is 16.7. The van der Waals surface area contributed by atoms with Gasteiger partial charge < -0.3 is 10.6 Å². The summed E-state index contributed by atoms with van der Waals surface area (Å²) in [6, 6.07) is 15.2.